The number of para-hydroxylation sites is 1. The van der Waals surface area contributed by atoms with Gasteiger partial charge >= 0.3 is 11.9 Å². The van der Waals surface area contributed by atoms with E-state index in [0.717, 1.165) is 16.5 Å². The molecule has 1 saturated heterocycles. The van der Waals surface area contributed by atoms with Crippen LogP contribution in [0.2, 0.25) is 0 Å². The van der Waals surface area contributed by atoms with E-state index >= 15 is 0 Å². The fourth-order valence-electron chi connectivity index (χ4n) is 4.94. The second-order valence-electron chi connectivity index (χ2n) is 10.2. The molecule has 3 amide bonds. The third kappa shape index (κ3) is 8.67. The molecule has 2 heterocycles. The van der Waals surface area contributed by atoms with Crippen molar-refractivity contribution in [3.8, 4) is 0 Å². The largest absolute Gasteiger partial charge is 0.481 e. The lowest BCUT2D eigenvalue weighted by Crippen LogP contribution is -2.57. The van der Waals surface area contributed by atoms with Crippen molar-refractivity contribution >= 4 is 46.5 Å². The zero-order chi connectivity index (χ0) is 30.8. The number of aliphatic imine (C=N–C) groups is 1. The van der Waals surface area contributed by atoms with Crippen LogP contribution in [-0.4, -0.2) is 93.0 Å². The average Bonchev–Trinajstić information content (AvgIpc) is 3.60. The minimum Gasteiger partial charge on any atom is -0.481 e. The average molecular weight is 587 g/mol. The minimum absolute atomic E-state index is 0.0754. The van der Waals surface area contributed by atoms with Gasteiger partial charge < -0.3 is 47.9 Å². The quantitative estimate of drug-likeness (QED) is 0.0717. The van der Waals surface area contributed by atoms with Crippen LogP contribution >= 0.6 is 0 Å². The van der Waals surface area contributed by atoms with E-state index in [-0.39, 0.29) is 44.7 Å². The number of hydrogen-bond acceptors (Lipinski definition) is 7. The number of aromatic amines is 1. The Bertz CT molecular complexity index is 1320. The van der Waals surface area contributed by atoms with Crippen molar-refractivity contribution in [3.63, 3.8) is 0 Å². The molecule has 1 aliphatic heterocycles. The molecule has 3 rings (SSSR count). The number of likely N-dealkylation sites (tertiary alicyclic amines) is 1. The molecule has 15 heteroatoms. The fraction of sp³-hybridized carbons (Fsp3) is 0.481. The van der Waals surface area contributed by atoms with Crippen LogP contribution in [0, 0.1) is 0 Å². The molecular formula is C27H38N8O7. The van der Waals surface area contributed by atoms with E-state index in [1.807, 2.05) is 24.3 Å². The first kappa shape index (κ1) is 31.9. The summed E-state index contributed by atoms with van der Waals surface area (Å²) in [5, 5.41) is 24.6. The molecule has 1 fully saturated rings. The van der Waals surface area contributed by atoms with Crippen molar-refractivity contribution in [2.75, 3.05) is 13.1 Å². The Hall–Kier alpha value is -4.66. The van der Waals surface area contributed by atoms with Gasteiger partial charge in [0.25, 0.3) is 0 Å². The summed E-state index contributed by atoms with van der Waals surface area (Å²) in [6.45, 7) is 0.421. The number of rotatable bonds is 15. The van der Waals surface area contributed by atoms with Crippen LogP contribution in [0.1, 0.15) is 44.1 Å². The van der Waals surface area contributed by atoms with Gasteiger partial charge in [-0.3, -0.25) is 24.2 Å². The minimum atomic E-state index is -1.23. The summed E-state index contributed by atoms with van der Waals surface area (Å²) in [5.41, 5.74) is 18.1. The van der Waals surface area contributed by atoms with Crippen molar-refractivity contribution in [2.45, 2.75) is 69.1 Å². The summed E-state index contributed by atoms with van der Waals surface area (Å²) in [6.07, 6.45) is 2.56. The normalized spacial score (nSPS) is 16.8. The number of carboxylic acid groups (broad SMARTS) is 2. The zero-order valence-corrected chi connectivity index (χ0v) is 23.1. The fourth-order valence-corrected chi connectivity index (χ4v) is 4.94. The van der Waals surface area contributed by atoms with Crippen LogP contribution in [0.3, 0.4) is 0 Å². The van der Waals surface area contributed by atoms with Gasteiger partial charge in [0.2, 0.25) is 17.7 Å². The molecule has 4 unspecified atom stereocenters. The molecule has 0 spiro atoms. The van der Waals surface area contributed by atoms with E-state index in [9.17, 15) is 29.1 Å². The number of carboxylic acids is 2. The number of benzene rings is 1. The van der Waals surface area contributed by atoms with Crippen LogP contribution in [0.15, 0.2) is 35.5 Å². The number of aromatic nitrogens is 1. The highest BCUT2D eigenvalue weighted by Gasteiger charge is 2.39. The molecule has 11 N–H and O–H groups in total. The first-order valence-corrected chi connectivity index (χ1v) is 13.7. The molecular weight excluding hydrogens is 548 g/mol. The van der Waals surface area contributed by atoms with Crippen molar-refractivity contribution < 1.29 is 34.2 Å². The molecule has 4 atom stereocenters. The summed E-state index contributed by atoms with van der Waals surface area (Å²) in [5.74, 6) is -4.30. The topological polar surface area (TPSA) is 259 Å². The summed E-state index contributed by atoms with van der Waals surface area (Å²) in [4.78, 5) is 71.0. The van der Waals surface area contributed by atoms with Gasteiger partial charge in [-0.2, -0.15) is 0 Å². The van der Waals surface area contributed by atoms with Crippen molar-refractivity contribution in [1.29, 1.82) is 0 Å². The van der Waals surface area contributed by atoms with Crippen LogP contribution in [0.5, 0.6) is 0 Å². The van der Waals surface area contributed by atoms with Gasteiger partial charge in [0.1, 0.15) is 18.1 Å². The third-order valence-electron chi connectivity index (χ3n) is 7.12. The van der Waals surface area contributed by atoms with Crippen molar-refractivity contribution in [2.24, 2.45) is 22.2 Å². The number of nitrogens with two attached hydrogens (primary N) is 3. The Labute approximate surface area is 241 Å². The van der Waals surface area contributed by atoms with Gasteiger partial charge in [-0.15, -0.1) is 0 Å². The van der Waals surface area contributed by atoms with Crippen LogP contribution in [0.25, 0.3) is 10.9 Å². The lowest BCUT2D eigenvalue weighted by Gasteiger charge is -2.30. The van der Waals surface area contributed by atoms with Crippen LogP contribution in [-0.2, 0) is 30.4 Å². The van der Waals surface area contributed by atoms with E-state index < -0.39 is 53.8 Å². The van der Waals surface area contributed by atoms with E-state index in [1.54, 1.807) is 6.20 Å². The number of H-pyrrole nitrogens is 1. The summed E-state index contributed by atoms with van der Waals surface area (Å²) in [6, 6.07) is 3.00. The Morgan fingerprint density at radius 2 is 1.81 bits per heavy atom. The molecule has 0 bridgehead atoms. The van der Waals surface area contributed by atoms with Gasteiger partial charge in [0.15, 0.2) is 5.96 Å². The number of carbonyl (C=O) groups is 5. The van der Waals surface area contributed by atoms with Crippen molar-refractivity contribution in [3.05, 3.63) is 36.0 Å². The molecule has 0 saturated carbocycles. The van der Waals surface area contributed by atoms with E-state index in [1.165, 1.54) is 4.90 Å². The summed E-state index contributed by atoms with van der Waals surface area (Å²) < 4.78 is 0. The highest BCUT2D eigenvalue weighted by atomic mass is 16.4. The second kappa shape index (κ2) is 14.8. The molecule has 1 aromatic carbocycles. The Balaban J connectivity index is 1.77. The molecule has 0 radical (unpaired) electrons. The van der Waals surface area contributed by atoms with Gasteiger partial charge in [-0.25, -0.2) is 4.79 Å². The number of nitrogens with one attached hydrogen (secondary N) is 3. The standard InChI is InChI=1S/C27H38N8O7/c28-17(9-10-22(36)37)23(38)34-20(13-15-14-32-18-6-2-1-5-16(15)18)25(40)35-12-4-8-21(35)24(39)33-19(26(41)42)7-3-11-31-27(29)30/h1-2,5-6,14,17,19-21,32H,3-4,7-13,28H2,(H,33,39)(H,34,38)(H,36,37)(H,41,42)(H4,29,30,31). The lowest BCUT2D eigenvalue weighted by atomic mass is 10.0. The smallest absolute Gasteiger partial charge is 0.326 e. The Kier molecular flexibility index (Phi) is 11.2. The number of fused-ring (bicyclic) bond motifs is 1. The summed E-state index contributed by atoms with van der Waals surface area (Å²) >= 11 is 0. The molecule has 1 aliphatic rings. The van der Waals surface area contributed by atoms with Gasteiger partial charge in [-0.05, 0) is 43.7 Å². The highest BCUT2D eigenvalue weighted by molar-refractivity contribution is 5.95. The molecule has 42 heavy (non-hydrogen) atoms. The predicted molar refractivity (Wildman–Crippen MR) is 153 cm³/mol. The maximum atomic E-state index is 13.9. The number of hydrogen-bond donors (Lipinski definition) is 8. The first-order valence-electron chi connectivity index (χ1n) is 13.7. The van der Waals surface area contributed by atoms with Crippen molar-refractivity contribution in [1.82, 2.24) is 20.5 Å². The van der Waals surface area contributed by atoms with Gasteiger partial charge in [0, 0.05) is 43.0 Å². The molecule has 0 aliphatic carbocycles. The highest BCUT2D eigenvalue weighted by Crippen LogP contribution is 2.23. The zero-order valence-electron chi connectivity index (χ0n) is 23.1. The summed E-state index contributed by atoms with van der Waals surface area (Å²) in [7, 11) is 0. The van der Waals surface area contributed by atoms with Gasteiger partial charge in [-0.1, -0.05) is 18.2 Å². The first-order chi connectivity index (χ1) is 20.0. The number of guanidine groups is 1. The van der Waals surface area contributed by atoms with Crippen LogP contribution in [0.4, 0.5) is 0 Å². The second-order valence-corrected chi connectivity index (χ2v) is 10.2. The predicted octanol–water partition coefficient (Wildman–Crippen LogP) is -0.999. The Morgan fingerprint density at radius 3 is 2.50 bits per heavy atom. The van der Waals surface area contributed by atoms with Gasteiger partial charge in [0.05, 0.1) is 6.04 Å². The third-order valence-corrected chi connectivity index (χ3v) is 7.12. The Morgan fingerprint density at radius 1 is 1.07 bits per heavy atom. The SMILES string of the molecule is NC(N)=NCCCC(NC(=O)C1CCCN1C(=O)C(Cc1c[nH]c2ccccc12)NC(=O)C(N)CCC(=O)O)C(=O)O. The molecule has 1 aromatic heterocycles. The molecule has 15 nitrogen and oxygen atoms in total. The van der Waals surface area contributed by atoms with Crippen LogP contribution < -0.4 is 27.8 Å². The van der Waals surface area contributed by atoms with E-state index in [0.29, 0.717) is 19.3 Å². The van der Waals surface area contributed by atoms with E-state index in [2.05, 4.69) is 20.6 Å². The maximum Gasteiger partial charge on any atom is 0.326 e. The molecule has 228 valence electrons. The monoisotopic (exact) mass is 586 g/mol. The van der Waals surface area contributed by atoms with E-state index in [4.69, 9.17) is 22.3 Å². The maximum absolute atomic E-state index is 13.9. The number of aliphatic carboxylic acids is 2. The number of amides is 3. The number of carbonyl (C=O) groups excluding carboxylic acids is 3. The lowest BCUT2D eigenvalue weighted by molar-refractivity contribution is -0.145. The molecule has 2 aromatic rings. The number of nitrogens with zero attached hydrogens (tertiary/aromatic N) is 2.